The minimum Gasteiger partial charge on any atom is -0.400 e. The average Bonchev–Trinajstić information content (AvgIpc) is 2.94. The molecular formula is C18H25NO3. The molecule has 0 aliphatic heterocycles. The molecule has 0 unspecified atom stereocenters. The largest absolute Gasteiger partial charge is 0.400 e. The van der Waals surface area contributed by atoms with Crippen molar-refractivity contribution in [1.29, 1.82) is 0 Å². The number of hydrogen-bond donors (Lipinski definition) is 1. The van der Waals surface area contributed by atoms with Gasteiger partial charge in [0.05, 0.1) is 11.4 Å². The van der Waals surface area contributed by atoms with Gasteiger partial charge in [-0.2, -0.15) is 0 Å². The van der Waals surface area contributed by atoms with Gasteiger partial charge in [-0.3, -0.25) is 9.59 Å². The van der Waals surface area contributed by atoms with Gasteiger partial charge in [-0.15, -0.1) is 0 Å². The number of aromatic nitrogens is 1. The summed E-state index contributed by atoms with van der Waals surface area (Å²) in [5.74, 6) is -0.0475. The Morgan fingerprint density at radius 3 is 2.18 bits per heavy atom. The van der Waals surface area contributed by atoms with Crippen LogP contribution in [0.4, 0.5) is 0 Å². The maximum Gasteiger partial charge on any atom is 0.209 e. The first-order valence-corrected chi connectivity index (χ1v) is 7.38. The molecule has 0 saturated heterocycles. The Hall–Kier alpha value is -2.20. The van der Waals surface area contributed by atoms with Crippen LogP contribution in [-0.4, -0.2) is 28.9 Å². The molecule has 0 amide bonds. The van der Waals surface area contributed by atoms with Crippen LogP contribution in [0.3, 0.4) is 0 Å². The highest BCUT2D eigenvalue weighted by Crippen LogP contribution is 2.17. The maximum absolute atomic E-state index is 12.4. The Labute approximate surface area is 132 Å². The van der Waals surface area contributed by atoms with Crippen LogP contribution in [0.25, 0.3) is 0 Å². The van der Waals surface area contributed by atoms with E-state index in [0.29, 0.717) is 23.5 Å². The van der Waals surface area contributed by atoms with Gasteiger partial charge in [0.15, 0.2) is 6.29 Å². The number of aliphatic hydroxyl groups excluding tert-OH is 1. The van der Waals surface area contributed by atoms with Gasteiger partial charge in [-0.05, 0) is 25.5 Å². The fourth-order valence-corrected chi connectivity index (χ4v) is 2.12. The van der Waals surface area contributed by atoms with Crippen LogP contribution in [0, 0.1) is 6.92 Å². The number of rotatable bonds is 4. The average molecular weight is 303 g/mol. The molecule has 1 aromatic heterocycles. The maximum atomic E-state index is 12.4. The van der Waals surface area contributed by atoms with Crippen LogP contribution in [-0.2, 0) is 6.54 Å². The molecular weight excluding hydrogens is 278 g/mol. The summed E-state index contributed by atoms with van der Waals surface area (Å²) < 4.78 is 1.76. The first-order valence-electron chi connectivity index (χ1n) is 7.38. The summed E-state index contributed by atoms with van der Waals surface area (Å²) in [6, 6.07) is 10.9. The standard InChI is InChI=1S/C15H15NO2.C2H6.CH4O/c1-3-16-13(9-11(2)14(16)10-17)15(18)12-7-5-4-6-8-12;2*1-2/h4-10H,3H2,1-2H3;1-2H3;2H,1H3. The zero-order valence-electron chi connectivity index (χ0n) is 14.0. The third kappa shape index (κ3) is 4.40. The van der Waals surface area contributed by atoms with Gasteiger partial charge in [-0.1, -0.05) is 44.2 Å². The summed E-state index contributed by atoms with van der Waals surface area (Å²) in [6.07, 6.45) is 0.806. The molecule has 22 heavy (non-hydrogen) atoms. The molecule has 0 saturated carbocycles. The molecule has 1 aromatic carbocycles. The predicted molar refractivity (Wildman–Crippen MR) is 89.6 cm³/mol. The van der Waals surface area contributed by atoms with E-state index in [0.717, 1.165) is 19.0 Å². The van der Waals surface area contributed by atoms with E-state index in [2.05, 4.69) is 0 Å². The summed E-state index contributed by atoms with van der Waals surface area (Å²) in [6.45, 7) is 8.38. The fourth-order valence-electron chi connectivity index (χ4n) is 2.12. The van der Waals surface area contributed by atoms with Crippen molar-refractivity contribution in [2.75, 3.05) is 7.11 Å². The Kier molecular flexibility index (Phi) is 9.46. The van der Waals surface area contributed by atoms with Crippen molar-refractivity contribution >= 4 is 12.1 Å². The van der Waals surface area contributed by atoms with E-state index in [1.807, 2.05) is 45.9 Å². The lowest BCUT2D eigenvalue weighted by molar-refractivity contribution is 0.103. The van der Waals surface area contributed by atoms with E-state index in [4.69, 9.17) is 5.11 Å². The molecule has 0 radical (unpaired) electrons. The van der Waals surface area contributed by atoms with Gasteiger partial charge in [0.25, 0.3) is 0 Å². The number of carbonyl (C=O) groups is 2. The van der Waals surface area contributed by atoms with Crippen molar-refractivity contribution in [1.82, 2.24) is 4.57 Å². The molecule has 0 fully saturated rings. The number of ketones is 1. The van der Waals surface area contributed by atoms with Crippen LogP contribution in [0.5, 0.6) is 0 Å². The monoisotopic (exact) mass is 303 g/mol. The van der Waals surface area contributed by atoms with E-state index in [-0.39, 0.29) is 5.78 Å². The van der Waals surface area contributed by atoms with Crippen LogP contribution < -0.4 is 0 Å². The van der Waals surface area contributed by atoms with Crippen LogP contribution in [0.1, 0.15) is 52.9 Å². The Bertz CT molecular complexity index is 586. The van der Waals surface area contributed by atoms with Gasteiger partial charge >= 0.3 is 0 Å². The number of aryl methyl sites for hydroxylation is 1. The smallest absolute Gasteiger partial charge is 0.209 e. The quantitative estimate of drug-likeness (QED) is 0.694. The Morgan fingerprint density at radius 1 is 1.18 bits per heavy atom. The van der Waals surface area contributed by atoms with E-state index < -0.39 is 0 Å². The van der Waals surface area contributed by atoms with Crippen molar-refractivity contribution in [3.05, 3.63) is 58.9 Å². The minimum absolute atomic E-state index is 0.0475. The lowest BCUT2D eigenvalue weighted by Crippen LogP contribution is -2.11. The molecule has 4 heteroatoms. The van der Waals surface area contributed by atoms with E-state index in [1.54, 1.807) is 22.8 Å². The summed E-state index contributed by atoms with van der Waals surface area (Å²) in [5, 5.41) is 7.00. The lowest BCUT2D eigenvalue weighted by Gasteiger charge is -2.07. The van der Waals surface area contributed by atoms with Crippen molar-refractivity contribution in [2.24, 2.45) is 0 Å². The zero-order valence-corrected chi connectivity index (χ0v) is 14.0. The Morgan fingerprint density at radius 2 is 1.73 bits per heavy atom. The normalized spacial score (nSPS) is 9.00. The fraction of sp³-hybridized carbons (Fsp3) is 0.333. The number of hydrogen-bond acceptors (Lipinski definition) is 3. The third-order valence-corrected chi connectivity index (χ3v) is 3.04. The highest BCUT2D eigenvalue weighted by atomic mass is 16.2. The summed E-state index contributed by atoms with van der Waals surface area (Å²) in [4.78, 5) is 23.4. The van der Waals surface area contributed by atoms with E-state index >= 15 is 0 Å². The van der Waals surface area contributed by atoms with Gasteiger partial charge in [0.2, 0.25) is 5.78 Å². The van der Waals surface area contributed by atoms with Crippen molar-refractivity contribution < 1.29 is 14.7 Å². The summed E-state index contributed by atoms with van der Waals surface area (Å²) in [5.41, 5.74) is 2.63. The van der Waals surface area contributed by atoms with E-state index in [1.165, 1.54) is 0 Å². The van der Waals surface area contributed by atoms with Crippen LogP contribution >= 0.6 is 0 Å². The molecule has 0 aliphatic rings. The number of nitrogens with zero attached hydrogens (tertiary/aromatic N) is 1. The van der Waals surface area contributed by atoms with Gasteiger partial charge in [0, 0.05) is 19.2 Å². The number of carbonyl (C=O) groups excluding carboxylic acids is 2. The number of aldehydes is 1. The molecule has 1 heterocycles. The molecule has 2 rings (SSSR count). The lowest BCUT2D eigenvalue weighted by atomic mass is 10.1. The highest BCUT2D eigenvalue weighted by molar-refractivity contribution is 6.08. The molecule has 0 atom stereocenters. The number of benzene rings is 1. The predicted octanol–water partition coefficient (Wildman–Crippen LogP) is 3.49. The number of aliphatic hydroxyl groups is 1. The van der Waals surface area contributed by atoms with Crippen LogP contribution in [0.15, 0.2) is 36.4 Å². The first kappa shape index (κ1) is 19.8. The second kappa shape index (κ2) is 10.5. The second-order valence-electron chi connectivity index (χ2n) is 4.16. The molecule has 2 aromatic rings. The molecule has 4 nitrogen and oxygen atoms in total. The summed E-state index contributed by atoms with van der Waals surface area (Å²) >= 11 is 0. The van der Waals surface area contributed by atoms with Crippen molar-refractivity contribution in [3.63, 3.8) is 0 Å². The minimum atomic E-state index is -0.0475. The van der Waals surface area contributed by atoms with E-state index in [9.17, 15) is 9.59 Å². The third-order valence-electron chi connectivity index (χ3n) is 3.04. The van der Waals surface area contributed by atoms with Gasteiger partial charge < -0.3 is 9.67 Å². The second-order valence-corrected chi connectivity index (χ2v) is 4.16. The van der Waals surface area contributed by atoms with Crippen LogP contribution in [0.2, 0.25) is 0 Å². The molecule has 120 valence electrons. The Balaban J connectivity index is 0.00000102. The first-order chi connectivity index (χ1) is 10.7. The molecule has 0 spiro atoms. The zero-order chi connectivity index (χ0) is 17.1. The molecule has 0 aliphatic carbocycles. The van der Waals surface area contributed by atoms with Crippen molar-refractivity contribution in [3.8, 4) is 0 Å². The topological polar surface area (TPSA) is 59.3 Å². The summed E-state index contributed by atoms with van der Waals surface area (Å²) in [7, 11) is 1.00. The van der Waals surface area contributed by atoms with Gasteiger partial charge in [0.1, 0.15) is 0 Å². The highest BCUT2D eigenvalue weighted by Gasteiger charge is 2.17. The van der Waals surface area contributed by atoms with Crippen molar-refractivity contribution in [2.45, 2.75) is 34.2 Å². The molecule has 0 bridgehead atoms. The SMILES string of the molecule is CC.CCn1c(C(=O)c2ccccc2)cc(C)c1C=O.CO. The van der Waals surface area contributed by atoms with Gasteiger partial charge in [-0.25, -0.2) is 0 Å². The molecule has 1 N–H and O–H groups in total.